The molecule has 0 unspecified atom stereocenters. The van der Waals surface area contributed by atoms with Crippen molar-refractivity contribution in [1.29, 1.82) is 0 Å². The van der Waals surface area contributed by atoms with E-state index in [1.165, 1.54) is 16.4 Å². The summed E-state index contributed by atoms with van der Waals surface area (Å²) in [6.07, 6.45) is 8.23. The van der Waals surface area contributed by atoms with E-state index in [9.17, 15) is 4.79 Å². The highest BCUT2D eigenvalue weighted by Crippen LogP contribution is 2.33. The van der Waals surface area contributed by atoms with Crippen LogP contribution in [0.3, 0.4) is 0 Å². The molecule has 0 aliphatic heterocycles. The summed E-state index contributed by atoms with van der Waals surface area (Å²) in [5, 5.41) is 0. The second-order valence-corrected chi connectivity index (χ2v) is 5.88. The van der Waals surface area contributed by atoms with Crippen LogP contribution in [0.1, 0.15) is 44.2 Å². The van der Waals surface area contributed by atoms with Gasteiger partial charge in [-0.1, -0.05) is 12.8 Å². The van der Waals surface area contributed by atoms with Crippen LogP contribution in [0.15, 0.2) is 23.4 Å². The van der Waals surface area contributed by atoms with Crippen LogP contribution in [-0.4, -0.2) is 18.1 Å². The fraction of sp³-hybridized carbons (Fsp3) is 0.500. The second kappa shape index (κ2) is 5.52. The van der Waals surface area contributed by atoms with Crippen LogP contribution >= 0.6 is 16.1 Å². The van der Waals surface area contributed by atoms with Gasteiger partial charge in [0.25, 0.3) is 5.56 Å². The maximum Gasteiger partial charge on any atom is 0.264 e. The first-order chi connectivity index (χ1) is 9.70. The number of nitrogens with zero attached hydrogens (tertiary/aromatic N) is 4. The molecule has 1 aliphatic rings. The Hall–Kier alpha value is -1.43. The fourth-order valence-electron chi connectivity index (χ4n) is 2.83. The number of aryl methyl sites for hydroxylation is 1. The van der Waals surface area contributed by atoms with Crippen molar-refractivity contribution in [3.63, 3.8) is 0 Å². The fourth-order valence-corrected chi connectivity index (χ4v) is 3.20. The van der Waals surface area contributed by atoms with Crippen LogP contribution in [0.4, 0.5) is 0 Å². The molecule has 6 heteroatoms. The molecule has 1 saturated carbocycles. The summed E-state index contributed by atoms with van der Waals surface area (Å²) in [5.74, 6) is 1.06. The van der Waals surface area contributed by atoms with Crippen LogP contribution in [-0.2, 0) is 6.54 Å². The first kappa shape index (κ1) is 13.5. The molecule has 0 saturated heterocycles. The normalized spacial score (nSPS) is 15.9. The van der Waals surface area contributed by atoms with Crippen molar-refractivity contribution in [1.82, 2.24) is 18.1 Å². The Bertz CT molecular complexity index is 670. The number of halogens is 1. The molecule has 106 valence electrons. The van der Waals surface area contributed by atoms with Gasteiger partial charge in [-0.05, 0) is 19.8 Å². The van der Waals surface area contributed by atoms with Crippen molar-refractivity contribution in [2.75, 3.05) is 0 Å². The molecule has 0 aromatic carbocycles. The molecule has 0 amide bonds. The summed E-state index contributed by atoms with van der Waals surface area (Å²) < 4.78 is 3.41. The number of hydrogen-bond acceptors (Lipinski definition) is 3. The van der Waals surface area contributed by atoms with E-state index in [-0.39, 0.29) is 5.56 Å². The lowest BCUT2D eigenvalue weighted by molar-refractivity contribution is 0.689. The largest absolute Gasteiger partial charge is 0.328 e. The lowest BCUT2D eigenvalue weighted by Gasteiger charge is -2.13. The molecule has 0 spiro atoms. The van der Waals surface area contributed by atoms with Crippen LogP contribution in [0, 0.1) is 0 Å². The lowest BCUT2D eigenvalue weighted by atomic mass is 10.0. The van der Waals surface area contributed by atoms with E-state index in [0.29, 0.717) is 11.7 Å². The van der Waals surface area contributed by atoms with Gasteiger partial charge in [-0.2, -0.15) is 0 Å². The molecule has 3 rings (SSSR count). The Morgan fingerprint density at radius 1 is 1.40 bits per heavy atom. The predicted octanol–water partition coefficient (Wildman–Crippen LogP) is 2.94. The van der Waals surface area contributed by atoms with Crippen LogP contribution in [0.5, 0.6) is 0 Å². The highest BCUT2D eigenvalue weighted by molar-refractivity contribution is 9.08. The molecular formula is C14H17BrN4O. The molecule has 1 fully saturated rings. The van der Waals surface area contributed by atoms with E-state index in [2.05, 4.69) is 21.1 Å². The zero-order chi connectivity index (χ0) is 14.1. The zero-order valence-corrected chi connectivity index (χ0v) is 13.0. The number of rotatable bonds is 3. The van der Waals surface area contributed by atoms with Crippen molar-refractivity contribution in [3.8, 4) is 11.5 Å². The predicted molar refractivity (Wildman–Crippen MR) is 80.9 cm³/mol. The summed E-state index contributed by atoms with van der Waals surface area (Å²) >= 11 is 3.31. The van der Waals surface area contributed by atoms with Crippen molar-refractivity contribution >= 4 is 16.1 Å². The summed E-state index contributed by atoms with van der Waals surface area (Å²) in [5.41, 5.74) is 1.71. The Labute approximate surface area is 126 Å². The van der Waals surface area contributed by atoms with Gasteiger partial charge in [0.2, 0.25) is 0 Å². The van der Waals surface area contributed by atoms with Gasteiger partial charge in [-0.15, -0.1) is 0 Å². The summed E-state index contributed by atoms with van der Waals surface area (Å²) in [7, 11) is 0. The average Bonchev–Trinajstić information content (AvgIpc) is 3.11. The van der Waals surface area contributed by atoms with Gasteiger partial charge in [-0.25, -0.2) is 13.6 Å². The number of aromatic nitrogens is 4. The molecule has 20 heavy (non-hydrogen) atoms. The standard InChI is InChI=1S/C14H17BrN4O/c1-2-18-9-16-8-12(18)14-17-11(7-13(20)19(14)15)10-5-3-4-6-10/h7-10H,2-6H2,1H3. The first-order valence-electron chi connectivity index (χ1n) is 7.01. The minimum atomic E-state index is -0.0687. The SMILES string of the molecule is CCn1cncc1-c1nc(C2CCCC2)cc(=O)n1Br. The van der Waals surface area contributed by atoms with Crippen molar-refractivity contribution in [3.05, 3.63) is 34.6 Å². The van der Waals surface area contributed by atoms with E-state index in [1.807, 2.05) is 11.5 Å². The smallest absolute Gasteiger partial charge is 0.264 e. The van der Waals surface area contributed by atoms with Crippen molar-refractivity contribution < 1.29 is 0 Å². The first-order valence-corrected chi connectivity index (χ1v) is 7.72. The molecular weight excluding hydrogens is 320 g/mol. The topological polar surface area (TPSA) is 52.7 Å². The van der Waals surface area contributed by atoms with Gasteiger partial charge in [0, 0.05) is 18.5 Å². The van der Waals surface area contributed by atoms with Gasteiger partial charge in [-0.3, -0.25) is 4.79 Å². The van der Waals surface area contributed by atoms with Crippen LogP contribution in [0.2, 0.25) is 0 Å². The minimum Gasteiger partial charge on any atom is -0.328 e. The monoisotopic (exact) mass is 336 g/mol. The Morgan fingerprint density at radius 3 is 2.85 bits per heavy atom. The molecule has 5 nitrogen and oxygen atoms in total. The molecule has 0 bridgehead atoms. The average molecular weight is 337 g/mol. The Morgan fingerprint density at radius 2 is 2.15 bits per heavy atom. The molecule has 2 aromatic heterocycles. The number of imidazole rings is 1. The number of hydrogen-bond donors (Lipinski definition) is 0. The maximum atomic E-state index is 12.2. The van der Waals surface area contributed by atoms with Gasteiger partial charge in [0.05, 0.1) is 34.4 Å². The van der Waals surface area contributed by atoms with Crippen molar-refractivity contribution in [2.45, 2.75) is 45.1 Å². The third kappa shape index (κ3) is 2.32. The van der Waals surface area contributed by atoms with Gasteiger partial charge in [0.15, 0.2) is 5.82 Å². The van der Waals surface area contributed by atoms with E-state index in [1.54, 1.807) is 18.6 Å². The molecule has 0 atom stereocenters. The van der Waals surface area contributed by atoms with E-state index in [0.717, 1.165) is 30.8 Å². The summed E-state index contributed by atoms with van der Waals surface area (Å²) in [6, 6.07) is 1.65. The second-order valence-electron chi connectivity index (χ2n) is 5.17. The van der Waals surface area contributed by atoms with E-state index >= 15 is 0 Å². The van der Waals surface area contributed by atoms with Gasteiger partial charge < -0.3 is 4.57 Å². The van der Waals surface area contributed by atoms with Crippen molar-refractivity contribution in [2.24, 2.45) is 0 Å². The van der Waals surface area contributed by atoms with Crippen LogP contribution in [0.25, 0.3) is 11.5 Å². The molecule has 2 heterocycles. The molecule has 0 radical (unpaired) electrons. The Balaban J connectivity index is 2.12. The van der Waals surface area contributed by atoms with Gasteiger partial charge >= 0.3 is 0 Å². The quantitative estimate of drug-likeness (QED) is 0.865. The lowest BCUT2D eigenvalue weighted by Crippen LogP contribution is -2.18. The maximum absolute atomic E-state index is 12.2. The van der Waals surface area contributed by atoms with E-state index < -0.39 is 0 Å². The summed E-state index contributed by atoms with van der Waals surface area (Å²) in [4.78, 5) is 21.0. The third-order valence-corrected chi connectivity index (χ3v) is 4.63. The van der Waals surface area contributed by atoms with Crippen LogP contribution < -0.4 is 5.56 Å². The molecule has 2 aromatic rings. The zero-order valence-electron chi connectivity index (χ0n) is 11.4. The minimum absolute atomic E-state index is 0.0687. The van der Waals surface area contributed by atoms with E-state index in [4.69, 9.17) is 4.98 Å². The van der Waals surface area contributed by atoms with Gasteiger partial charge in [0.1, 0.15) is 5.69 Å². The third-order valence-electron chi connectivity index (χ3n) is 3.94. The molecule has 1 aliphatic carbocycles. The highest BCUT2D eigenvalue weighted by Gasteiger charge is 2.21. The summed E-state index contributed by atoms with van der Waals surface area (Å²) in [6.45, 7) is 2.84. The molecule has 0 N–H and O–H groups in total. The highest BCUT2D eigenvalue weighted by atomic mass is 79.9. The Kier molecular flexibility index (Phi) is 3.74.